The molecule has 1 aromatic heterocycles. The Balaban J connectivity index is 1.74. The quantitative estimate of drug-likeness (QED) is 0.900. The molecule has 1 aliphatic heterocycles. The summed E-state index contributed by atoms with van der Waals surface area (Å²) >= 11 is 0. The van der Waals surface area contributed by atoms with E-state index in [1.165, 1.54) is 0 Å². The lowest BCUT2D eigenvalue weighted by molar-refractivity contribution is -0.127. The molecular formula is C21H25N3O2. The highest BCUT2D eigenvalue weighted by Crippen LogP contribution is 2.23. The van der Waals surface area contributed by atoms with Crippen molar-refractivity contribution in [2.45, 2.75) is 39.7 Å². The number of likely N-dealkylation sites (tertiary alicyclic amines) is 1. The van der Waals surface area contributed by atoms with Crippen molar-refractivity contribution in [2.75, 3.05) is 13.1 Å². The van der Waals surface area contributed by atoms with Gasteiger partial charge in [0, 0.05) is 42.0 Å². The maximum Gasteiger partial charge on any atom is 0.251 e. The average Bonchev–Trinajstić information content (AvgIpc) is 2.94. The minimum absolute atomic E-state index is 0.118. The van der Waals surface area contributed by atoms with E-state index in [1.54, 1.807) is 6.07 Å². The fraction of sp³-hybridized carbons (Fsp3) is 0.381. The zero-order chi connectivity index (χ0) is 18.7. The second-order valence-electron chi connectivity index (χ2n) is 6.88. The number of rotatable bonds is 5. The number of pyridine rings is 1. The predicted octanol–water partition coefficient (Wildman–Crippen LogP) is 3.11. The molecule has 2 amide bonds. The first-order valence-corrected chi connectivity index (χ1v) is 9.11. The largest absolute Gasteiger partial charge is 0.347 e. The Labute approximate surface area is 154 Å². The number of benzene rings is 1. The fourth-order valence-corrected chi connectivity index (χ4v) is 3.44. The summed E-state index contributed by atoms with van der Waals surface area (Å²) in [6.45, 7) is 7.33. The number of amides is 2. The zero-order valence-electron chi connectivity index (χ0n) is 15.6. The van der Waals surface area contributed by atoms with Crippen LogP contribution < -0.4 is 5.32 Å². The van der Waals surface area contributed by atoms with Gasteiger partial charge in [-0.15, -0.1) is 0 Å². The van der Waals surface area contributed by atoms with Gasteiger partial charge < -0.3 is 10.2 Å². The van der Waals surface area contributed by atoms with Gasteiger partial charge in [-0.2, -0.15) is 0 Å². The molecule has 1 N–H and O–H groups in total. The molecule has 136 valence electrons. The monoisotopic (exact) mass is 351 g/mol. The molecule has 0 spiro atoms. The summed E-state index contributed by atoms with van der Waals surface area (Å²) in [5.41, 5.74) is 4.51. The van der Waals surface area contributed by atoms with Crippen LogP contribution in [0.3, 0.4) is 0 Å². The Morgan fingerprint density at radius 3 is 2.81 bits per heavy atom. The minimum Gasteiger partial charge on any atom is -0.347 e. The molecule has 26 heavy (non-hydrogen) atoms. The number of nitrogens with one attached hydrogen (secondary N) is 1. The SMILES string of the molecule is CCCN1CC(NC(=O)c2cccc(-c3ccc(C)nc3C)c2)CC1=O. The Hall–Kier alpha value is -2.69. The van der Waals surface area contributed by atoms with Gasteiger partial charge in [-0.3, -0.25) is 14.6 Å². The Morgan fingerprint density at radius 2 is 2.08 bits per heavy atom. The summed E-state index contributed by atoms with van der Waals surface area (Å²) in [5, 5.41) is 3.00. The third-order valence-corrected chi connectivity index (χ3v) is 4.70. The van der Waals surface area contributed by atoms with Gasteiger partial charge in [0.25, 0.3) is 5.91 Å². The van der Waals surface area contributed by atoms with Gasteiger partial charge in [0.2, 0.25) is 5.91 Å². The van der Waals surface area contributed by atoms with Gasteiger partial charge in [0.15, 0.2) is 0 Å². The van der Waals surface area contributed by atoms with Crippen LogP contribution in [0, 0.1) is 13.8 Å². The summed E-state index contributed by atoms with van der Waals surface area (Å²) in [6.07, 6.45) is 1.31. The molecule has 1 saturated heterocycles. The molecule has 2 heterocycles. The zero-order valence-corrected chi connectivity index (χ0v) is 15.6. The van der Waals surface area contributed by atoms with Crippen LogP contribution in [0.25, 0.3) is 11.1 Å². The molecule has 2 aromatic rings. The summed E-state index contributed by atoms with van der Waals surface area (Å²) in [4.78, 5) is 30.9. The number of carbonyl (C=O) groups excluding carboxylic acids is 2. The van der Waals surface area contributed by atoms with Crippen molar-refractivity contribution in [3.8, 4) is 11.1 Å². The second-order valence-corrected chi connectivity index (χ2v) is 6.88. The van der Waals surface area contributed by atoms with E-state index in [4.69, 9.17) is 0 Å². The standard InChI is InChI=1S/C21H25N3O2/c1-4-10-24-13-18(12-20(24)25)23-21(26)17-7-5-6-16(11-17)19-9-8-14(2)22-15(19)3/h5-9,11,18H,4,10,12-13H2,1-3H3,(H,23,26). The first-order chi connectivity index (χ1) is 12.5. The molecule has 5 heteroatoms. The summed E-state index contributed by atoms with van der Waals surface area (Å²) in [5.74, 6) is -0.0204. The maximum absolute atomic E-state index is 12.6. The Morgan fingerprint density at radius 1 is 1.27 bits per heavy atom. The number of nitrogens with zero attached hydrogens (tertiary/aromatic N) is 2. The van der Waals surface area contributed by atoms with Crippen molar-refractivity contribution in [2.24, 2.45) is 0 Å². The van der Waals surface area contributed by atoms with Crippen LogP contribution in [0.15, 0.2) is 36.4 Å². The van der Waals surface area contributed by atoms with Crippen LogP contribution in [0.1, 0.15) is 41.5 Å². The smallest absolute Gasteiger partial charge is 0.251 e. The highest BCUT2D eigenvalue weighted by Gasteiger charge is 2.30. The van der Waals surface area contributed by atoms with Crippen LogP contribution in [-0.4, -0.2) is 40.8 Å². The molecule has 1 aliphatic rings. The normalized spacial score (nSPS) is 16.8. The second kappa shape index (κ2) is 7.68. The van der Waals surface area contributed by atoms with Crippen LogP contribution >= 0.6 is 0 Å². The number of carbonyl (C=O) groups is 2. The van der Waals surface area contributed by atoms with E-state index in [0.717, 1.165) is 35.5 Å². The van der Waals surface area contributed by atoms with Crippen LogP contribution in [0.4, 0.5) is 0 Å². The molecule has 0 aliphatic carbocycles. The minimum atomic E-state index is -0.138. The third-order valence-electron chi connectivity index (χ3n) is 4.70. The topological polar surface area (TPSA) is 62.3 Å². The number of aryl methyl sites for hydroxylation is 2. The van der Waals surface area contributed by atoms with Crippen molar-refractivity contribution in [1.29, 1.82) is 0 Å². The van der Waals surface area contributed by atoms with E-state index in [-0.39, 0.29) is 17.9 Å². The lowest BCUT2D eigenvalue weighted by Crippen LogP contribution is -2.37. The number of hydrogen-bond donors (Lipinski definition) is 1. The molecule has 0 radical (unpaired) electrons. The van der Waals surface area contributed by atoms with Gasteiger partial charge in [0.05, 0.1) is 6.04 Å². The molecule has 5 nitrogen and oxygen atoms in total. The molecular weight excluding hydrogens is 326 g/mol. The Kier molecular flexibility index (Phi) is 5.35. The van der Waals surface area contributed by atoms with Crippen molar-refractivity contribution in [1.82, 2.24) is 15.2 Å². The Bertz CT molecular complexity index is 832. The first kappa shape index (κ1) is 18.1. The van der Waals surface area contributed by atoms with Crippen LogP contribution in [0.2, 0.25) is 0 Å². The van der Waals surface area contributed by atoms with E-state index in [2.05, 4.69) is 10.3 Å². The molecule has 3 rings (SSSR count). The van der Waals surface area contributed by atoms with Crippen molar-refractivity contribution >= 4 is 11.8 Å². The van der Waals surface area contributed by atoms with E-state index >= 15 is 0 Å². The molecule has 0 bridgehead atoms. The number of aromatic nitrogens is 1. The van der Waals surface area contributed by atoms with Gasteiger partial charge in [0.1, 0.15) is 0 Å². The molecule has 1 aromatic carbocycles. The van der Waals surface area contributed by atoms with Crippen molar-refractivity contribution < 1.29 is 9.59 Å². The molecule has 1 fully saturated rings. The number of hydrogen-bond acceptors (Lipinski definition) is 3. The van der Waals surface area contributed by atoms with E-state index in [1.807, 2.05) is 56.0 Å². The molecule has 0 saturated carbocycles. The summed E-state index contributed by atoms with van der Waals surface area (Å²) < 4.78 is 0. The molecule has 1 unspecified atom stereocenters. The third kappa shape index (κ3) is 3.93. The van der Waals surface area contributed by atoms with Gasteiger partial charge in [-0.25, -0.2) is 0 Å². The molecule has 1 atom stereocenters. The van der Waals surface area contributed by atoms with Crippen molar-refractivity contribution in [3.63, 3.8) is 0 Å². The first-order valence-electron chi connectivity index (χ1n) is 9.11. The van der Waals surface area contributed by atoms with Gasteiger partial charge >= 0.3 is 0 Å². The summed E-state index contributed by atoms with van der Waals surface area (Å²) in [6, 6.07) is 11.4. The maximum atomic E-state index is 12.6. The van der Waals surface area contributed by atoms with Crippen LogP contribution in [-0.2, 0) is 4.79 Å². The van der Waals surface area contributed by atoms with E-state index < -0.39 is 0 Å². The fourth-order valence-electron chi connectivity index (χ4n) is 3.44. The van der Waals surface area contributed by atoms with E-state index in [9.17, 15) is 9.59 Å². The van der Waals surface area contributed by atoms with Gasteiger partial charge in [-0.05, 0) is 44.0 Å². The average molecular weight is 351 g/mol. The highest BCUT2D eigenvalue weighted by molar-refractivity contribution is 5.96. The van der Waals surface area contributed by atoms with E-state index in [0.29, 0.717) is 18.5 Å². The predicted molar refractivity (Wildman–Crippen MR) is 102 cm³/mol. The highest BCUT2D eigenvalue weighted by atomic mass is 16.2. The lowest BCUT2D eigenvalue weighted by atomic mass is 10.0. The van der Waals surface area contributed by atoms with Gasteiger partial charge in [-0.1, -0.05) is 25.1 Å². The van der Waals surface area contributed by atoms with Crippen LogP contribution in [0.5, 0.6) is 0 Å². The lowest BCUT2D eigenvalue weighted by Gasteiger charge is -2.16. The van der Waals surface area contributed by atoms with Crippen molar-refractivity contribution in [3.05, 3.63) is 53.3 Å². The summed E-state index contributed by atoms with van der Waals surface area (Å²) in [7, 11) is 0.